The summed E-state index contributed by atoms with van der Waals surface area (Å²) in [5.74, 6) is -0.382. The molecule has 0 unspecified atom stereocenters. The number of nitrogens with two attached hydrogens (primary N) is 1. The van der Waals surface area contributed by atoms with Crippen LogP contribution in [0.5, 0.6) is 0 Å². The lowest BCUT2D eigenvalue weighted by atomic mass is 10.1. The van der Waals surface area contributed by atoms with Gasteiger partial charge in [-0.15, -0.1) is 5.10 Å². The summed E-state index contributed by atoms with van der Waals surface area (Å²) in [7, 11) is 0. The van der Waals surface area contributed by atoms with Crippen LogP contribution in [0.25, 0.3) is 0 Å². The first-order valence-corrected chi connectivity index (χ1v) is 6.42. The summed E-state index contributed by atoms with van der Waals surface area (Å²) < 4.78 is 15.0. The highest BCUT2D eigenvalue weighted by Crippen LogP contribution is 2.18. The molecular weight excluding hydrogens is 315 g/mol. The molecule has 5 nitrogen and oxygen atoms in total. The number of halogens is 2. The molecule has 0 aliphatic heterocycles. The topological polar surface area (TPSA) is 73.8 Å². The van der Waals surface area contributed by atoms with Gasteiger partial charge in [-0.3, -0.25) is 4.79 Å². The maximum Gasteiger partial charge on any atom is 0.158 e. The Morgan fingerprint density at radius 3 is 2.89 bits per heavy atom. The summed E-state index contributed by atoms with van der Waals surface area (Å²) in [5, 5.41) is 7.60. The molecule has 100 valence electrons. The third-order valence-corrected chi connectivity index (χ3v) is 3.27. The van der Waals surface area contributed by atoms with Gasteiger partial charge in [-0.25, -0.2) is 9.07 Å². The van der Waals surface area contributed by atoms with Crippen molar-refractivity contribution in [3.8, 4) is 0 Å². The molecule has 0 bridgehead atoms. The van der Waals surface area contributed by atoms with Crippen LogP contribution >= 0.6 is 15.9 Å². The summed E-state index contributed by atoms with van der Waals surface area (Å²) in [6.45, 7) is 0.411. The molecule has 2 rings (SSSR count). The van der Waals surface area contributed by atoms with Crippen LogP contribution in [0.1, 0.15) is 11.3 Å². The molecule has 0 aliphatic carbocycles. The summed E-state index contributed by atoms with van der Waals surface area (Å²) in [6.07, 6.45) is 1.84. The zero-order chi connectivity index (χ0) is 13.8. The quantitative estimate of drug-likeness (QED) is 0.902. The number of rotatable bonds is 5. The largest absolute Gasteiger partial charge is 0.325 e. The Hall–Kier alpha value is -1.60. The number of carbonyl (C=O) groups excluding carboxylic acids is 1. The van der Waals surface area contributed by atoms with Crippen LogP contribution in [0, 0.1) is 5.82 Å². The van der Waals surface area contributed by atoms with Gasteiger partial charge in [0, 0.05) is 17.4 Å². The van der Waals surface area contributed by atoms with Gasteiger partial charge in [-0.05, 0) is 17.7 Å². The molecule has 0 aliphatic rings. The molecule has 0 saturated heterocycles. The average Bonchev–Trinajstić information content (AvgIpc) is 2.80. The molecule has 2 aromatic rings. The van der Waals surface area contributed by atoms with E-state index in [0.717, 1.165) is 5.56 Å². The first-order chi connectivity index (χ1) is 9.08. The Morgan fingerprint density at radius 2 is 2.26 bits per heavy atom. The van der Waals surface area contributed by atoms with Crippen LogP contribution in [-0.2, 0) is 24.3 Å². The van der Waals surface area contributed by atoms with Crippen molar-refractivity contribution in [2.75, 3.05) is 0 Å². The van der Waals surface area contributed by atoms with Gasteiger partial charge in [0.25, 0.3) is 0 Å². The van der Waals surface area contributed by atoms with Crippen molar-refractivity contribution in [1.82, 2.24) is 15.0 Å². The molecule has 1 aromatic heterocycles. The van der Waals surface area contributed by atoms with Gasteiger partial charge in [0.05, 0.1) is 11.9 Å². The molecule has 2 N–H and O–H groups in total. The number of hydrogen-bond donors (Lipinski definition) is 1. The van der Waals surface area contributed by atoms with E-state index in [4.69, 9.17) is 5.73 Å². The van der Waals surface area contributed by atoms with Crippen molar-refractivity contribution in [2.24, 2.45) is 5.73 Å². The number of aromatic nitrogens is 3. The van der Waals surface area contributed by atoms with E-state index in [2.05, 4.69) is 26.2 Å². The summed E-state index contributed by atoms with van der Waals surface area (Å²) in [6, 6.07) is 4.25. The Balaban J connectivity index is 2.01. The van der Waals surface area contributed by atoms with Gasteiger partial charge in [-0.1, -0.05) is 27.2 Å². The lowest BCUT2D eigenvalue weighted by molar-refractivity contribution is -0.119. The normalized spacial score (nSPS) is 10.7. The van der Waals surface area contributed by atoms with Crippen LogP contribution in [0.3, 0.4) is 0 Å². The lowest BCUT2D eigenvalue weighted by Crippen LogP contribution is -2.13. The fourth-order valence-corrected chi connectivity index (χ4v) is 2.11. The minimum Gasteiger partial charge on any atom is -0.325 e. The fourth-order valence-electron chi connectivity index (χ4n) is 1.62. The molecule has 19 heavy (non-hydrogen) atoms. The second-order valence-corrected chi connectivity index (χ2v) is 4.92. The number of ketones is 1. The van der Waals surface area contributed by atoms with Gasteiger partial charge < -0.3 is 5.73 Å². The molecule has 0 saturated carbocycles. The Bertz CT molecular complexity index is 599. The maximum atomic E-state index is 12.9. The molecule has 1 heterocycles. The van der Waals surface area contributed by atoms with Gasteiger partial charge in [-0.2, -0.15) is 0 Å². The van der Waals surface area contributed by atoms with Crippen molar-refractivity contribution in [2.45, 2.75) is 19.5 Å². The standard InChI is InChI=1S/C12H12BrFN4O/c13-12-4-9(14)2-1-8(12)3-11(19)7-18-6-10(5-15)16-17-18/h1-2,4,6H,3,5,7,15H2. The predicted octanol–water partition coefficient (Wildman–Crippen LogP) is 1.45. The first kappa shape index (κ1) is 13.8. The predicted molar refractivity (Wildman–Crippen MR) is 70.7 cm³/mol. The summed E-state index contributed by atoms with van der Waals surface area (Å²) in [5.41, 5.74) is 6.79. The van der Waals surface area contributed by atoms with Gasteiger partial charge >= 0.3 is 0 Å². The van der Waals surface area contributed by atoms with Crippen LogP contribution in [-0.4, -0.2) is 20.8 Å². The van der Waals surface area contributed by atoms with Crippen LogP contribution in [0.15, 0.2) is 28.9 Å². The summed E-state index contributed by atoms with van der Waals surface area (Å²) in [4.78, 5) is 11.9. The second kappa shape index (κ2) is 6.03. The third kappa shape index (κ3) is 3.68. The lowest BCUT2D eigenvalue weighted by Gasteiger charge is -2.04. The fraction of sp³-hybridized carbons (Fsp3) is 0.250. The number of Topliss-reactive ketones (excluding diaryl/α,β-unsaturated/α-hetero) is 1. The van der Waals surface area contributed by atoms with Crippen molar-refractivity contribution in [1.29, 1.82) is 0 Å². The van der Waals surface area contributed by atoms with Crippen molar-refractivity contribution in [3.63, 3.8) is 0 Å². The molecule has 0 radical (unpaired) electrons. The molecule has 0 amide bonds. The maximum absolute atomic E-state index is 12.9. The van der Waals surface area contributed by atoms with Crippen molar-refractivity contribution in [3.05, 3.63) is 45.9 Å². The number of carbonyl (C=O) groups is 1. The van der Waals surface area contributed by atoms with E-state index in [1.165, 1.54) is 16.8 Å². The van der Waals surface area contributed by atoms with Gasteiger partial charge in [0.15, 0.2) is 5.78 Å². The van der Waals surface area contributed by atoms with E-state index < -0.39 is 0 Å². The molecule has 7 heteroatoms. The van der Waals surface area contributed by atoms with Gasteiger partial charge in [0.2, 0.25) is 0 Å². The van der Waals surface area contributed by atoms with Gasteiger partial charge in [0.1, 0.15) is 12.4 Å². The number of benzene rings is 1. The van der Waals surface area contributed by atoms with Crippen LogP contribution in [0.4, 0.5) is 4.39 Å². The van der Waals surface area contributed by atoms with E-state index in [-0.39, 0.29) is 31.1 Å². The van der Waals surface area contributed by atoms with E-state index in [1.807, 2.05) is 0 Å². The molecular formula is C12H12BrFN4O. The highest BCUT2D eigenvalue weighted by molar-refractivity contribution is 9.10. The zero-order valence-corrected chi connectivity index (χ0v) is 11.6. The van der Waals surface area contributed by atoms with Crippen LogP contribution < -0.4 is 5.73 Å². The van der Waals surface area contributed by atoms with E-state index in [0.29, 0.717) is 10.2 Å². The monoisotopic (exact) mass is 326 g/mol. The van der Waals surface area contributed by atoms with E-state index in [9.17, 15) is 9.18 Å². The zero-order valence-electron chi connectivity index (χ0n) is 10.0. The average molecular weight is 327 g/mol. The number of hydrogen-bond acceptors (Lipinski definition) is 4. The molecule has 0 fully saturated rings. The smallest absolute Gasteiger partial charge is 0.158 e. The molecule has 0 spiro atoms. The Labute approximate surface area is 117 Å². The minimum atomic E-state index is -0.341. The molecule has 0 atom stereocenters. The first-order valence-electron chi connectivity index (χ1n) is 5.63. The highest BCUT2D eigenvalue weighted by Gasteiger charge is 2.09. The number of nitrogens with zero attached hydrogens (tertiary/aromatic N) is 3. The Morgan fingerprint density at radius 1 is 1.47 bits per heavy atom. The summed E-state index contributed by atoms with van der Waals surface area (Å²) >= 11 is 3.23. The van der Waals surface area contributed by atoms with E-state index >= 15 is 0 Å². The Kier molecular flexibility index (Phi) is 4.39. The highest BCUT2D eigenvalue weighted by atomic mass is 79.9. The van der Waals surface area contributed by atoms with Crippen LogP contribution in [0.2, 0.25) is 0 Å². The SMILES string of the molecule is NCc1cn(CC(=O)Cc2ccc(F)cc2Br)nn1. The molecule has 1 aromatic carbocycles. The van der Waals surface area contributed by atoms with E-state index in [1.54, 1.807) is 12.3 Å². The van der Waals surface area contributed by atoms with Crippen molar-refractivity contribution >= 4 is 21.7 Å². The third-order valence-electron chi connectivity index (χ3n) is 2.54. The van der Waals surface area contributed by atoms with Crippen molar-refractivity contribution < 1.29 is 9.18 Å². The minimum absolute atomic E-state index is 0.0409. The second-order valence-electron chi connectivity index (χ2n) is 4.06.